The fourth-order valence-electron chi connectivity index (χ4n) is 7.89. The predicted octanol–water partition coefficient (Wildman–Crippen LogP) is 11.0. The fraction of sp³-hybridized carbons (Fsp3) is 0.0833. The van der Waals surface area contributed by atoms with E-state index in [1.54, 1.807) is 0 Å². The zero-order valence-corrected chi connectivity index (χ0v) is 30.9. The van der Waals surface area contributed by atoms with Crippen molar-refractivity contribution in [2.24, 2.45) is 0 Å². The number of benzene rings is 8. The number of rotatable bonds is 0. The van der Waals surface area contributed by atoms with Gasteiger partial charge >= 0.3 is 0 Å². The van der Waals surface area contributed by atoms with Gasteiger partial charge in [-0.05, 0) is 67.4 Å². The summed E-state index contributed by atoms with van der Waals surface area (Å²) in [6, 6.07) is 48.9. The number of aromatic nitrogens is 4. The van der Waals surface area contributed by atoms with Gasteiger partial charge in [0.25, 0.3) is 23.6 Å². The molecule has 0 radical (unpaired) electrons. The van der Waals surface area contributed by atoms with E-state index in [1.807, 2.05) is 97.1 Å². The average molecular weight is 761 g/mol. The van der Waals surface area contributed by atoms with E-state index in [0.29, 0.717) is 46.6 Å². The topological polar surface area (TPSA) is 115 Å². The highest BCUT2D eigenvalue weighted by molar-refractivity contribution is 6.11. The van der Waals surface area contributed by atoms with Crippen molar-refractivity contribution in [3.63, 3.8) is 0 Å². The molecule has 0 saturated carbocycles. The van der Waals surface area contributed by atoms with Crippen LogP contribution in [-0.2, 0) is 26.4 Å². The molecule has 8 aromatic carbocycles. The van der Waals surface area contributed by atoms with E-state index < -0.39 is 0 Å². The zero-order chi connectivity index (χ0) is 38.4. The molecule has 1 aliphatic heterocycles. The second-order valence-corrected chi connectivity index (χ2v) is 14.0. The Bertz CT molecular complexity index is 2750. The van der Waals surface area contributed by atoms with E-state index in [-0.39, 0.29) is 26.4 Å². The van der Waals surface area contributed by atoms with Crippen molar-refractivity contribution in [3.05, 3.63) is 169 Å². The minimum Gasteiger partial charge on any atom is -0.483 e. The lowest BCUT2D eigenvalue weighted by Crippen LogP contribution is -2.02. The molecule has 2 aromatic heterocycles. The Morgan fingerprint density at radius 3 is 0.776 bits per heavy atom. The van der Waals surface area contributed by atoms with Crippen molar-refractivity contribution in [3.8, 4) is 45.3 Å². The third-order valence-corrected chi connectivity index (χ3v) is 10.5. The van der Waals surface area contributed by atoms with E-state index in [2.05, 4.69) is 68.9 Å². The van der Waals surface area contributed by atoms with Crippen molar-refractivity contribution in [1.82, 2.24) is 20.4 Å². The second kappa shape index (κ2) is 14.1. The monoisotopic (exact) mass is 760 g/mol. The maximum atomic E-state index is 6.57. The molecule has 0 aliphatic carbocycles. The molecule has 10 aromatic rings. The standard InChI is InChI=1S/C48H32N4O6/c1-5-13-33-29(9-1)17-21-37-45(33)46-34-14-6-2-10-30(34)18-22-38(46)54-26-42-50-52-44(58-42)28-56-40-24-20-32-12-4-8-16-36(32)48(40)47-35-15-7-3-11-31(35)19-23-39(47)55-27-43-51-49-41(57-43)25-53-37/h1-24H,25-28H2. The molecular weight excluding hydrogens is 729 g/mol. The molecule has 11 rings (SSSR count). The Labute approximate surface area is 331 Å². The molecule has 0 N–H and O–H groups in total. The Morgan fingerprint density at radius 2 is 0.517 bits per heavy atom. The summed E-state index contributed by atoms with van der Waals surface area (Å²) in [7, 11) is 0. The van der Waals surface area contributed by atoms with E-state index in [1.165, 1.54) is 0 Å². The summed E-state index contributed by atoms with van der Waals surface area (Å²) < 4.78 is 38.6. The molecule has 58 heavy (non-hydrogen) atoms. The third-order valence-electron chi connectivity index (χ3n) is 10.5. The van der Waals surface area contributed by atoms with Gasteiger partial charge in [-0.1, -0.05) is 121 Å². The molecule has 0 atom stereocenters. The Balaban J connectivity index is 1.06. The van der Waals surface area contributed by atoms with Crippen LogP contribution in [0.3, 0.4) is 0 Å². The van der Waals surface area contributed by atoms with E-state index >= 15 is 0 Å². The highest BCUT2D eigenvalue weighted by atomic mass is 16.5. The Morgan fingerprint density at radius 1 is 0.276 bits per heavy atom. The molecule has 0 amide bonds. The van der Waals surface area contributed by atoms with Crippen LogP contribution in [0, 0.1) is 0 Å². The third kappa shape index (κ3) is 5.99. The van der Waals surface area contributed by atoms with Crippen LogP contribution in [-0.4, -0.2) is 20.4 Å². The summed E-state index contributed by atoms with van der Waals surface area (Å²) in [5.41, 5.74) is 3.46. The molecule has 0 saturated heterocycles. The molecule has 10 nitrogen and oxygen atoms in total. The van der Waals surface area contributed by atoms with Crippen LogP contribution >= 0.6 is 0 Å². The van der Waals surface area contributed by atoms with Crippen molar-refractivity contribution >= 4 is 43.1 Å². The lowest BCUT2D eigenvalue weighted by Gasteiger charge is -2.19. The molecule has 3 heterocycles. The van der Waals surface area contributed by atoms with Gasteiger partial charge in [0, 0.05) is 22.3 Å². The summed E-state index contributed by atoms with van der Waals surface area (Å²) >= 11 is 0. The lowest BCUT2D eigenvalue weighted by atomic mass is 9.92. The Kier molecular flexibility index (Phi) is 8.17. The van der Waals surface area contributed by atoms with Gasteiger partial charge in [-0.3, -0.25) is 0 Å². The first-order valence-corrected chi connectivity index (χ1v) is 18.9. The minimum absolute atomic E-state index is 0.0297. The van der Waals surface area contributed by atoms with Gasteiger partial charge in [0.2, 0.25) is 0 Å². The van der Waals surface area contributed by atoms with Crippen LogP contribution in [0.25, 0.3) is 65.3 Å². The van der Waals surface area contributed by atoms with Crippen molar-refractivity contribution in [1.29, 1.82) is 0 Å². The first kappa shape index (κ1) is 33.6. The second-order valence-electron chi connectivity index (χ2n) is 14.0. The summed E-state index contributed by atoms with van der Waals surface area (Å²) in [5.74, 6) is 3.75. The maximum absolute atomic E-state index is 6.57. The van der Waals surface area contributed by atoms with E-state index in [4.69, 9.17) is 27.8 Å². The van der Waals surface area contributed by atoms with Crippen LogP contribution in [0.5, 0.6) is 23.0 Å². The summed E-state index contributed by atoms with van der Waals surface area (Å²) in [6.45, 7) is 0.119. The van der Waals surface area contributed by atoms with Gasteiger partial charge in [-0.2, -0.15) is 0 Å². The SMILES string of the molecule is c1ccc2c3c(ccc2c1)OCc1nnc(o1)COc1ccc2ccccc2c1-c1c(ccc2ccccc12)OCc1nnc(o1)COc1ccc2ccccc2c1-3. The quantitative estimate of drug-likeness (QED) is 0.148. The van der Waals surface area contributed by atoms with Crippen molar-refractivity contribution in [2.45, 2.75) is 26.4 Å². The number of nitrogens with zero attached hydrogens (tertiary/aromatic N) is 4. The van der Waals surface area contributed by atoms with E-state index in [0.717, 1.165) is 65.3 Å². The van der Waals surface area contributed by atoms with E-state index in [9.17, 15) is 0 Å². The number of hydrogen-bond acceptors (Lipinski definition) is 10. The van der Waals surface area contributed by atoms with Crippen LogP contribution in [0.15, 0.2) is 154 Å². The summed E-state index contributed by atoms with van der Waals surface area (Å²) in [5, 5.41) is 25.6. The zero-order valence-electron chi connectivity index (χ0n) is 30.9. The molecule has 280 valence electrons. The summed E-state index contributed by atoms with van der Waals surface area (Å²) in [4.78, 5) is 0. The van der Waals surface area contributed by atoms with Gasteiger partial charge < -0.3 is 27.8 Å². The maximum Gasteiger partial charge on any atom is 0.254 e. The molecule has 0 unspecified atom stereocenters. The number of fused-ring (bicyclic) bond motifs is 18. The molecule has 1 aliphatic rings. The molecule has 4 bridgehead atoms. The molecular formula is C48H32N4O6. The minimum atomic E-state index is 0.0297. The van der Waals surface area contributed by atoms with Crippen molar-refractivity contribution in [2.75, 3.05) is 0 Å². The van der Waals surface area contributed by atoms with Gasteiger partial charge in [0.05, 0.1) is 0 Å². The van der Waals surface area contributed by atoms with Crippen LogP contribution in [0.2, 0.25) is 0 Å². The molecule has 10 heteroatoms. The first-order valence-electron chi connectivity index (χ1n) is 18.9. The van der Waals surface area contributed by atoms with Gasteiger partial charge in [-0.25, -0.2) is 0 Å². The largest absolute Gasteiger partial charge is 0.483 e. The van der Waals surface area contributed by atoms with Crippen LogP contribution < -0.4 is 18.9 Å². The van der Waals surface area contributed by atoms with Crippen molar-refractivity contribution < 1.29 is 27.8 Å². The summed E-state index contributed by atoms with van der Waals surface area (Å²) in [6.07, 6.45) is 0. The molecule has 0 fully saturated rings. The lowest BCUT2D eigenvalue weighted by molar-refractivity contribution is 0.230. The number of ether oxygens (including phenoxy) is 4. The van der Waals surface area contributed by atoms with Crippen LogP contribution in [0.1, 0.15) is 23.6 Å². The predicted molar refractivity (Wildman–Crippen MR) is 220 cm³/mol. The smallest absolute Gasteiger partial charge is 0.254 e. The average Bonchev–Trinajstić information content (AvgIpc) is 3.94. The van der Waals surface area contributed by atoms with Gasteiger partial charge in [0.1, 0.15) is 23.0 Å². The molecule has 0 spiro atoms. The first-order chi connectivity index (χ1) is 28.7. The van der Waals surface area contributed by atoms with Crippen LogP contribution in [0.4, 0.5) is 0 Å². The van der Waals surface area contributed by atoms with Gasteiger partial charge in [-0.15, -0.1) is 20.4 Å². The highest BCUT2D eigenvalue weighted by Gasteiger charge is 2.23. The normalized spacial score (nSPS) is 13.1. The van der Waals surface area contributed by atoms with Gasteiger partial charge in [0.15, 0.2) is 26.4 Å². The number of hydrogen-bond donors (Lipinski definition) is 0. The highest BCUT2D eigenvalue weighted by Crippen LogP contribution is 2.47. The Hall–Kier alpha value is -7.72. The fourth-order valence-corrected chi connectivity index (χ4v) is 7.89.